The number of hydrogen-bond donors (Lipinski definition) is 0. The van der Waals surface area contributed by atoms with E-state index in [0.29, 0.717) is 0 Å². The maximum atomic E-state index is 6.13. The first-order valence-corrected chi connectivity index (χ1v) is 8.83. The van der Waals surface area contributed by atoms with Crippen molar-refractivity contribution in [3.63, 3.8) is 0 Å². The Morgan fingerprint density at radius 1 is 1.29 bits per heavy atom. The van der Waals surface area contributed by atoms with Gasteiger partial charge in [0.05, 0.1) is 7.11 Å². The molecule has 0 aliphatic rings. The molecule has 0 saturated heterocycles. The van der Waals surface area contributed by atoms with Crippen LogP contribution in [0.3, 0.4) is 0 Å². The number of benzene rings is 1. The van der Waals surface area contributed by atoms with Crippen molar-refractivity contribution in [1.29, 1.82) is 0 Å². The minimum atomic E-state index is -1.11. The van der Waals surface area contributed by atoms with Gasteiger partial charge in [0.15, 0.2) is 0 Å². The zero-order chi connectivity index (χ0) is 10.8. The summed E-state index contributed by atoms with van der Waals surface area (Å²) in [5.41, 5.74) is 1.21. The van der Waals surface area contributed by atoms with Crippen LogP contribution in [0.15, 0.2) is 18.2 Å². The first-order chi connectivity index (χ1) is 6.42. The molecular weight excluding hydrogens is 212 g/mol. The van der Waals surface area contributed by atoms with E-state index >= 15 is 0 Å². The Morgan fingerprint density at radius 3 is 2.43 bits per heavy atom. The standard InChI is InChI=1S/C11H17ClOSi/c1-13-10-5-6-11(12)9(7-10)8-14(2,3)4/h5-7H,8H2,1-4H3. The van der Waals surface area contributed by atoms with Crippen LogP contribution in [-0.4, -0.2) is 15.2 Å². The second kappa shape index (κ2) is 4.37. The molecule has 3 heteroatoms. The lowest BCUT2D eigenvalue weighted by molar-refractivity contribution is 0.414. The molecule has 0 aliphatic heterocycles. The Bertz CT molecular complexity index is 318. The summed E-state index contributed by atoms with van der Waals surface area (Å²) in [7, 11) is 0.577. The Balaban J connectivity index is 2.95. The summed E-state index contributed by atoms with van der Waals surface area (Å²) in [5, 5.41) is 0.855. The van der Waals surface area contributed by atoms with E-state index in [2.05, 4.69) is 19.6 Å². The van der Waals surface area contributed by atoms with Crippen molar-refractivity contribution in [2.45, 2.75) is 25.7 Å². The Hall–Kier alpha value is -0.473. The van der Waals surface area contributed by atoms with E-state index in [-0.39, 0.29) is 0 Å². The number of hydrogen-bond acceptors (Lipinski definition) is 1. The summed E-state index contributed by atoms with van der Waals surface area (Å²) < 4.78 is 5.18. The van der Waals surface area contributed by atoms with Gasteiger partial charge in [-0.25, -0.2) is 0 Å². The summed E-state index contributed by atoms with van der Waals surface area (Å²) in [5.74, 6) is 0.891. The maximum absolute atomic E-state index is 6.13. The van der Waals surface area contributed by atoms with Gasteiger partial charge in [-0.3, -0.25) is 0 Å². The maximum Gasteiger partial charge on any atom is 0.119 e. The minimum absolute atomic E-state index is 0.855. The minimum Gasteiger partial charge on any atom is -0.497 e. The van der Waals surface area contributed by atoms with Gasteiger partial charge in [-0.05, 0) is 29.8 Å². The van der Waals surface area contributed by atoms with E-state index in [1.54, 1.807) is 7.11 Å². The van der Waals surface area contributed by atoms with Crippen molar-refractivity contribution in [1.82, 2.24) is 0 Å². The van der Waals surface area contributed by atoms with E-state index in [1.165, 1.54) is 5.56 Å². The van der Waals surface area contributed by atoms with Crippen LogP contribution in [-0.2, 0) is 6.04 Å². The molecule has 0 spiro atoms. The fraction of sp³-hybridized carbons (Fsp3) is 0.455. The van der Waals surface area contributed by atoms with Gasteiger partial charge in [0, 0.05) is 13.1 Å². The highest BCUT2D eigenvalue weighted by Gasteiger charge is 2.16. The SMILES string of the molecule is COc1ccc(Cl)c(C[Si](C)(C)C)c1. The average Bonchev–Trinajstić information content (AvgIpc) is 2.06. The van der Waals surface area contributed by atoms with Gasteiger partial charge in [0.1, 0.15) is 5.75 Å². The van der Waals surface area contributed by atoms with Gasteiger partial charge < -0.3 is 4.74 Å². The predicted octanol–water partition coefficient (Wildman–Crippen LogP) is 3.77. The fourth-order valence-electron chi connectivity index (χ4n) is 1.38. The van der Waals surface area contributed by atoms with Crippen molar-refractivity contribution in [2.24, 2.45) is 0 Å². The first-order valence-electron chi connectivity index (χ1n) is 4.75. The second-order valence-electron chi connectivity index (χ2n) is 4.69. The molecule has 1 rings (SSSR count). The molecule has 0 bridgehead atoms. The highest BCUT2D eigenvalue weighted by atomic mass is 35.5. The van der Waals surface area contributed by atoms with Gasteiger partial charge in [-0.15, -0.1) is 0 Å². The van der Waals surface area contributed by atoms with E-state index in [9.17, 15) is 0 Å². The highest BCUT2D eigenvalue weighted by Crippen LogP contribution is 2.25. The van der Waals surface area contributed by atoms with Crippen LogP contribution in [0.4, 0.5) is 0 Å². The molecular formula is C11H17ClOSi. The largest absolute Gasteiger partial charge is 0.497 e. The van der Waals surface area contributed by atoms with Gasteiger partial charge >= 0.3 is 0 Å². The Labute approximate surface area is 92.1 Å². The second-order valence-corrected chi connectivity index (χ2v) is 10.6. The lowest BCUT2D eigenvalue weighted by Gasteiger charge is -2.17. The number of halogens is 1. The molecule has 0 N–H and O–H groups in total. The molecule has 1 aromatic rings. The van der Waals surface area contributed by atoms with E-state index < -0.39 is 8.07 Å². The Kier molecular flexibility index (Phi) is 3.62. The molecule has 1 nitrogen and oxygen atoms in total. The van der Waals surface area contributed by atoms with E-state index in [0.717, 1.165) is 16.8 Å². The van der Waals surface area contributed by atoms with Gasteiger partial charge in [-0.1, -0.05) is 31.2 Å². The third-order valence-electron chi connectivity index (χ3n) is 1.97. The van der Waals surface area contributed by atoms with Crippen molar-refractivity contribution in [2.75, 3.05) is 7.11 Å². The molecule has 0 fully saturated rings. The third-order valence-corrected chi connectivity index (χ3v) is 3.78. The molecule has 14 heavy (non-hydrogen) atoms. The average molecular weight is 229 g/mol. The van der Waals surface area contributed by atoms with Crippen LogP contribution < -0.4 is 4.74 Å². The van der Waals surface area contributed by atoms with Crippen molar-refractivity contribution < 1.29 is 4.74 Å². The quantitative estimate of drug-likeness (QED) is 0.716. The third kappa shape index (κ3) is 3.35. The van der Waals surface area contributed by atoms with Crippen LogP contribution in [0, 0.1) is 0 Å². The molecule has 0 aliphatic carbocycles. The van der Waals surface area contributed by atoms with Crippen LogP contribution in [0.25, 0.3) is 0 Å². The van der Waals surface area contributed by atoms with Crippen molar-refractivity contribution in [3.8, 4) is 5.75 Å². The number of ether oxygens (including phenoxy) is 1. The molecule has 0 amide bonds. The molecule has 0 radical (unpaired) electrons. The van der Waals surface area contributed by atoms with Crippen LogP contribution in [0.1, 0.15) is 5.56 Å². The van der Waals surface area contributed by atoms with Gasteiger partial charge in [-0.2, -0.15) is 0 Å². The number of rotatable bonds is 3. The molecule has 0 aromatic heterocycles. The zero-order valence-corrected chi connectivity index (χ0v) is 11.0. The van der Waals surface area contributed by atoms with E-state index in [1.807, 2.05) is 18.2 Å². The molecule has 1 aromatic carbocycles. The van der Waals surface area contributed by atoms with Crippen molar-refractivity contribution >= 4 is 19.7 Å². The lowest BCUT2D eigenvalue weighted by atomic mass is 10.2. The predicted molar refractivity (Wildman–Crippen MR) is 65.1 cm³/mol. The summed E-state index contributed by atoms with van der Waals surface area (Å²) in [6.45, 7) is 7.01. The topological polar surface area (TPSA) is 9.23 Å². The lowest BCUT2D eigenvalue weighted by Crippen LogP contribution is -2.24. The molecule has 0 saturated carbocycles. The molecule has 0 atom stereocenters. The smallest absolute Gasteiger partial charge is 0.119 e. The summed E-state index contributed by atoms with van der Waals surface area (Å²) in [6, 6.07) is 6.95. The van der Waals surface area contributed by atoms with Crippen LogP contribution in [0.2, 0.25) is 24.7 Å². The van der Waals surface area contributed by atoms with E-state index in [4.69, 9.17) is 16.3 Å². The zero-order valence-electron chi connectivity index (χ0n) is 9.23. The summed E-state index contributed by atoms with van der Waals surface area (Å²) in [4.78, 5) is 0. The monoisotopic (exact) mass is 228 g/mol. The normalized spacial score (nSPS) is 11.5. The van der Waals surface area contributed by atoms with Gasteiger partial charge in [0.2, 0.25) is 0 Å². The van der Waals surface area contributed by atoms with Crippen LogP contribution in [0.5, 0.6) is 5.75 Å². The Morgan fingerprint density at radius 2 is 1.93 bits per heavy atom. The first kappa shape index (κ1) is 11.6. The molecule has 0 unspecified atom stereocenters. The summed E-state index contributed by atoms with van der Waals surface area (Å²) >= 11 is 6.13. The fourth-order valence-corrected chi connectivity index (χ4v) is 3.12. The molecule has 0 heterocycles. The molecule has 78 valence electrons. The van der Waals surface area contributed by atoms with Crippen molar-refractivity contribution in [3.05, 3.63) is 28.8 Å². The summed E-state index contributed by atoms with van der Waals surface area (Å²) in [6.07, 6.45) is 0. The van der Waals surface area contributed by atoms with Crippen LogP contribution >= 0.6 is 11.6 Å². The number of methoxy groups -OCH3 is 1. The highest BCUT2D eigenvalue weighted by molar-refractivity contribution is 6.75. The van der Waals surface area contributed by atoms with Gasteiger partial charge in [0.25, 0.3) is 0 Å².